The molecule has 27 heavy (non-hydrogen) atoms. The first-order chi connectivity index (χ1) is 13.0. The molecule has 0 bridgehead atoms. The molecule has 2 aromatic carbocycles. The Morgan fingerprint density at radius 2 is 2.00 bits per heavy atom. The SMILES string of the molecule is O=C(COC(=O)CCN1C(=O)CSc2ccccc21)Nc1cccc(Cl)c1. The zero-order valence-electron chi connectivity index (χ0n) is 14.3. The molecule has 1 aliphatic rings. The Bertz CT molecular complexity index is 874. The van der Waals surface area contributed by atoms with Gasteiger partial charge in [-0.1, -0.05) is 29.8 Å². The molecule has 0 aromatic heterocycles. The van der Waals surface area contributed by atoms with Crippen molar-refractivity contribution in [1.82, 2.24) is 0 Å². The number of halogens is 1. The molecule has 8 heteroatoms. The van der Waals surface area contributed by atoms with Gasteiger partial charge in [0.2, 0.25) is 5.91 Å². The van der Waals surface area contributed by atoms with Crippen molar-refractivity contribution in [3.8, 4) is 0 Å². The predicted molar refractivity (Wildman–Crippen MR) is 105 cm³/mol. The first-order valence-electron chi connectivity index (χ1n) is 8.26. The lowest BCUT2D eigenvalue weighted by Gasteiger charge is -2.28. The summed E-state index contributed by atoms with van der Waals surface area (Å²) >= 11 is 7.33. The van der Waals surface area contributed by atoms with E-state index in [1.807, 2.05) is 24.3 Å². The Morgan fingerprint density at radius 1 is 1.19 bits per heavy atom. The average molecular weight is 405 g/mol. The van der Waals surface area contributed by atoms with Crippen LogP contribution in [0.4, 0.5) is 11.4 Å². The summed E-state index contributed by atoms with van der Waals surface area (Å²) in [6.45, 7) is -0.184. The van der Waals surface area contributed by atoms with Gasteiger partial charge in [0.15, 0.2) is 6.61 Å². The van der Waals surface area contributed by atoms with Crippen molar-refractivity contribution in [3.63, 3.8) is 0 Å². The summed E-state index contributed by atoms with van der Waals surface area (Å²) in [5.74, 6) is -0.708. The minimum Gasteiger partial charge on any atom is -0.456 e. The standard InChI is InChI=1S/C19H17ClN2O4S/c20-13-4-3-5-14(10-13)21-17(23)11-26-19(25)8-9-22-15-6-1-2-7-16(15)27-12-18(22)24/h1-7,10H,8-9,11-12H2,(H,21,23). The second-order valence-electron chi connectivity index (χ2n) is 5.77. The number of esters is 1. The second kappa shape index (κ2) is 8.92. The Kier molecular flexibility index (Phi) is 6.36. The summed E-state index contributed by atoms with van der Waals surface area (Å²) in [6.07, 6.45) is 0.00911. The van der Waals surface area contributed by atoms with Crippen molar-refractivity contribution in [1.29, 1.82) is 0 Å². The van der Waals surface area contributed by atoms with Gasteiger partial charge in [0, 0.05) is 22.2 Å². The van der Waals surface area contributed by atoms with Crippen LogP contribution in [0.1, 0.15) is 6.42 Å². The maximum absolute atomic E-state index is 12.1. The molecular formula is C19H17ClN2O4S. The maximum Gasteiger partial charge on any atom is 0.308 e. The van der Waals surface area contributed by atoms with Gasteiger partial charge < -0.3 is 15.0 Å². The highest BCUT2D eigenvalue weighted by Crippen LogP contribution is 2.34. The van der Waals surface area contributed by atoms with Crippen LogP contribution in [0.25, 0.3) is 0 Å². The summed E-state index contributed by atoms with van der Waals surface area (Å²) in [5.41, 5.74) is 1.32. The largest absolute Gasteiger partial charge is 0.456 e. The third-order valence-corrected chi connectivity index (χ3v) is 5.10. The van der Waals surface area contributed by atoms with Gasteiger partial charge in [0.1, 0.15) is 0 Å². The molecule has 0 aliphatic carbocycles. The second-order valence-corrected chi connectivity index (χ2v) is 7.22. The van der Waals surface area contributed by atoms with Gasteiger partial charge in [-0.15, -0.1) is 11.8 Å². The van der Waals surface area contributed by atoms with Gasteiger partial charge in [-0.25, -0.2) is 0 Å². The van der Waals surface area contributed by atoms with E-state index in [1.54, 1.807) is 29.2 Å². The van der Waals surface area contributed by atoms with Gasteiger partial charge in [-0.2, -0.15) is 0 Å². The van der Waals surface area contributed by atoms with Gasteiger partial charge in [-0.3, -0.25) is 14.4 Å². The molecule has 0 radical (unpaired) electrons. The fraction of sp³-hybridized carbons (Fsp3) is 0.211. The van der Waals surface area contributed by atoms with Crippen LogP contribution in [-0.4, -0.2) is 36.7 Å². The third-order valence-electron chi connectivity index (χ3n) is 3.82. The van der Waals surface area contributed by atoms with E-state index in [0.29, 0.717) is 16.5 Å². The number of nitrogens with one attached hydrogen (secondary N) is 1. The number of anilines is 2. The fourth-order valence-electron chi connectivity index (χ4n) is 2.58. The molecule has 0 spiro atoms. The number of fused-ring (bicyclic) bond motifs is 1. The number of benzene rings is 2. The van der Waals surface area contributed by atoms with Crippen molar-refractivity contribution in [2.24, 2.45) is 0 Å². The fourth-order valence-corrected chi connectivity index (χ4v) is 3.71. The third kappa shape index (κ3) is 5.24. The van der Waals surface area contributed by atoms with E-state index in [4.69, 9.17) is 16.3 Å². The molecule has 140 valence electrons. The molecule has 0 fully saturated rings. The molecule has 0 saturated carbocycles. The first-order valence-corrected chi connectivity index (χ1v) is 9.62. The van der Waals surface area contributed by atoms with Gasteiger partial charge in [0.25, 0.3) is 5.91 Å². The minimum absolute atomic E-state index is 0.00911. The molecule has 0 unspecified atom stereocenters. The molecule has 3 rings (SSSR count). The molecule has 1 heterocycles. The summed E-state index contributed by atoms with van der Waals surface area (Å²) in [4.78, 5) is 38.5. The smallest absolute Gasteiger partial charge is 0.308 e. The normalized spacial score (nSPS) is 13.1. The Balaban J connectivity index is 1.47. The van der Waals surface area contributed by atoms with E-state index in [2.05, 4.69) is 5.32 Å². The number of carbonyl (C=O) groups is 3. The molecular weight excluding hydrogens is 388 g/mol. The molecule has 6 nitrogen and oxygen atoms in total. The highest BCUT2D eigenvalue weighted by molar-refractivity contribution is 8.00. The molecule has 2 aromatic rings. The molecule has 0 saturated heterocycles. The van der Waals surface area contributed by atoms with E-state index in [1.165, 1.54) is 11.8 Å². The van der Waals surface area contributed by atoms with Gasteiger partial charge in [-0.05, 0) is 30.3 Å². The van der Waals surface area contributed by atoms with Crippen LogP contribution in [0.3, 0.4) is 0 Å². The molecule has 1 N–H and O–H groups in total. The average Bonchev–Trinajstić information content (AvgIpc) is 2.65. The highest BCUT2D eigenvalue weighted by Gasteiger charge is 2.24. The van der Waals surface area contributed by atoms with E-state index >= 15 is 0 Å². The Morgan fingerprint density at radius 3 is 2.81 bits per heavy atom. The first kappa shape index (κ1) is 19.3. The van der Waals surface area contributed by atoms with Gasteiger partial charge >= 0.3 is 5.97 Å². The lowest BCUT2D eigenvalue weighted by Crippen LogP contribution is -2.37. The van der Waals surface area contributed by atoms with Crippen molar-refractivity contribution in [2.45, 2.75) is 11.3 Å². The minimum atomic E-state index is -0.542. The van der Waals surface area contributed by atoms with Crippen LogP contribution in [0.5, 0.6) is 0 Å². The van der Waals surface area contributed by atoms with E-state index in [9.17, 15) is 14.4 Å². The van der Waals surface area contributed by atoms with Crippen LogP contribution >= 0.6 is 23.4 Å². The number of nitrogens with zero attached hydrogens (tertiary/aromatic N) is 1. The van der Waals surface area contributed by atoms with Crippen molar-refractivity contribution in [3.05, 3.63) is 53.6 Å². The monoisotopic (exact) mass is 404 g/mol. The number of hydrogen-bond acceptors (Lipinski definition) is 5. The number of thioether (sulfide) groups is 1. The van der Waals surface area contributed by atoms with Crippen LogP contribution in [0, 0.1) is 0 Å². The Labute approximate surface area is 165 Å². The number of hydrogen-bond donors (Lipinski definition) is 1. The quantitative estimate of drug-likeness (QED) is 0.747. The highest BCUT2D eigenvalue weighted by atomic mass is 35.5. The van der Waals surface area contributed by atoms with Crippen molar-refractivity contribution < 1.29 is 19.1 Å². The summed E-state index contributed by atoms with van der Waals surface area (Å²) in [7, 11) is 0. The molecule has 2 amide bonds. The summed E-state index contributed by atoms with van der Waals surface area (Å²) in [6, 6.07) is 14.2. The zero-order chi connectivity index (χ0) is 19.2. The zero-order valence-corrected chi connectivity index (χ0v) is 15.9. The van der Waals surface area contributed by atoms with Crippen molar-refractivity contribution in [2.75, 3.05) is 29.1 Å². The van der Waals surface area contributed by atoms with Crippen molar-refractivity contribution >= 4 is 52.5 Å². The number of carbonyl (C=O) groups excluding carboxylic acids is 3. The Hall–Kier alpha value is -2.51. The number of para-hydroxylation sites is 1. The van der Waals surface area contributed by atoms with E-state index in [0.717, 1.165) is 10.6 Å². The lowest BCUT2D eigenvalue weighted by molar-refractivity contribution is -0.147. The van der Waals surface area contributed by atoms with E-state index in [-0.39, 0.29) is 18.9 Å². The van der Waals surface area contributed by atoms with Crippen LogP contribution in [0.15, 0.2) is 53.4 Å². The lowest BCUT2D eigenvalue weighted by atomic mass is 10.2. The molecule has 0 atom stereocenters. The predicted octanol–water partition coefficient (Wildman–Crippen LogP) is 3.35. The molecule has 1 aliphatic heterocycles. The van der Waals surface area contributed by atoms with Crippen LogP contribution in [0.2, 0.25) is 5.02 Å². The van der Waals surface area contributed by atoms with E-state index < -0.39 is 18.5 Å². The number of rotatable bonds is 6. The van der Waals surface area contributed by atoms with Gasteiger partial charge in [0.05, 0.1) is 17.9 Å². The van der Waals surface area contributed by atoms with Crippen LogP contribution < -0.4 is 10.2 Å². The summed E-state index contributed by atoms with van der Waals surface area (Å²) < 4.78 is 4.99. The van der Waals surface area contributed by atoms with Crippen LogP contribution in [-0.2, 0) is 19.1 Å². The number of amides is 2. The summed E-state index contributed by atoms with van der Waals surface area (Å²) in [5, 5.41) is 3.09. The number of ether oxygens (including phenoxy) is 1. The topological polar surface area (TPSA) is 75.7 Å². The maximum atomic E-state index is 12.1.